The van der Waals surface area contributed by atoms with Gasteiger partial charge in [-0.2, -0.15) is 0 Å². The minimum atomic E-state index is -1.63. The lowest BCUT2D eigenvalue weighted by molar-refractivity contribution is -0.316. The number of rotatable bonds is 10. The third-order valence-corrected chi connectivity index (χ3v) is 8.87. The predicted octanol–water partition coefficient (Wildman–Crippen LogP) is -8.08. The number of hydrogen-bond donors (Lipinski definition) is 13. The van der Waals surface area contributed by atoms with Crippen molar-refractivity contribution in [3.63, 3.8) is 0 Å². The Morgan fingerprint density at radius 1 is 0.659 bits per heavy atom. The van der Waals surface area contributed by atoms with Crippen LogP contribution in [0.1, 0.15) is 19.8 Å². The van der Waals surface area contributed by atoms with Crippen LogP contribution in [0.15, 0.2) is 0 Å². The van der Waals surface area contributed by atoms with Gasteiger partial charge in [-0.05, 0) is 12.8 Å². The summed E-state index contributed by atoms with van der Waals surface area (Å²) in [7, 11) is 0. The Morgan fingerprint density at radius 2 is 1.20 bits per heavy atom. The Morgan fingerprint density at radius 3 is 1.80 bits per heavy atom. The van der Waals surface area contributed by atoms with E-state index in [2.05, 4.69) is 0 Å². The Balaban J connectivity index is 1.51. The highest BCUT2D eigenvalue weighted by molar-refractivity contribution is 5.02. The molecule has 0 amide bonds. The maximum absolute atomic E-state index is 11.2. The van der Waals surface area contributed by atoms with Gasteiger partial charge in [-0.1, -0.05) is 6.92 Å². The van der Waals surface area contributed by atoms with E-state index in [4.69, 9.17) is 57.1 Å². The zero-order valence-electron chi connectivity index (χ0n) is 24.3. The van der Waals surface area contributed by atoms with Crippen molar-refractivity contribution in [3.8, 4) is 0 Å². The van der Waals surface area contributed by atoms with Crippen molar-refractivity contribution in [1.82, 2.24) is 0 Å². The molecule has 19 nitrogen and oxygen atoms in total. The summed E-state index contributed by atoms with van der Waals surface area (Å²) in [5, 5.41) is 83.9. The van der Waals surface area contributed by atoms with Crippen molar-refractivity contribution in [2.45, 2.75) is 142 Å². The fourth-order valence-corrected chi connectivity index (χ4v) is 6.06. The Labute approximate surface area is 253 Å². The van der Waals surface area contributed by atoms with E-state index < -0.39 is 129 Å². The molecule has 4 fully saturated rings. The third kappa shape index (κ3) is 7.06. The van der Waals surface area contributed by atoms with Crippen LogP contribution in [0.5, 0.6) is 0 Å². The minimum Gasteiger partial charge on any atom is -0.394 e. The van der Waals surface area contributed by atoms with Crippen LogP contribution in [-0.4, -0.2) is 176 Å². The smallest absolute Gasteiger partial charge is 0.187 e. The molecular formula is C25H49N5O14. The molecule has 0 bridgehead atoms. The van der Waals surface area contributed by atoms with Gasteiger partial charge in [-0.15, -0.1) is 0 Å². The molecule has 1 aliphatic carbocycles. The van der Waals surface area contributed by atoms with Crippen LogP contribution in [0.25, 0.3) is 0 Å². The molecule has 0 aromatic heterocycles. The van der Waals surface area contributed by atoms with Gasteiger partial charge >= 0.3 is 0 Å². The van der Waals surface area contributed by atoms with Gasteiger partial charge in [0.2, 0.25) is 0 Å². The maximum atomic E-state index is 11.2. The zero-order chi connectivity index (χ0) is 32.6. The lowest BCUT2D eigenvalue weighted by atomic mass is 9.84. The van der Waals surface area contributed by atoms with Crippen LogP contribution in [-0.2, 0) is 28.4 Å². The van der Waals surface area contributed by atoms with Crippen molar-refractivity contribution in [2.24, 2.45) is 28.7 Å². The number of ether oxygens (including phenoxy) is 6. The van der Waals surface area contributed by atoms with Crippen molar-refractivity contribution in [3.05, 3.63) is 0 Å². The molecule has 0 radical (unpaired) electrons. The Hall–Kier alpha value is -0.760. The summed E-state index contributed by atoms with van der Waals surface area (Å²) >= 11 is 0. The monoisotopic (exact) mass is 643 g/mol. The van der Waals surface area contributed by atoms with E-state index >= 15 is 0 Å². The normalized spacial score (nSPS) is 52.6. The van der Waals surface area contributed by atoms with Crippen LogP contribution in [0.4, 0.5) is 0 Å². The van der Waals surface area contributed by atoms with E-state index in [9.17, 15) is 40.9 Å². The molecule has 44 heavy (non-hydrogen) atoms. The standard InChI is InChI=1S/C25H49N5O14/c1-2-8(32)20-17(37)16(36)12(30)24(42-20)41-19-7(28)3-6(27)13(33)22(19)44-25-18(38)21(10(5-31)40-25)43-23-11(29)15(35)14(34)9(4-26)39-23/h6-25,31-38H,2-5,26-30H2,1H3/t6-,7?,8?,9+,10-,11?,12?,13?,14-,15?,16-,17+,18?,19-,20?,21+,22-,23-,24+,25+/m1/s1. The van der Waals surface area contributed by atoms with Crippen LogP contribution < -0.4 is 28.7 Å². The summed E-state index contributed by atoms with van der Waals surface area (Å²) in [4.78, 5) is 0. The van der Waals surface area contributed by atoms with E-state index in [1.165, 1.54) is 0 Å². The summed E-state index contributed by atoms with van der Waals surface area (Å²) in [5.74, 6) is 0. The highest BCUT2D eigenvalue weighted by atomic mass is 16.8. The molecule has 0 aromatic carbocycles. The summed E-state index contributed by atoms with van der Waals surface area (Å²) in [5.41, 5.74) is 30.1. The highest BCUT2D eigenvalue weighted by Gasteiger charge is 2.54. The van der Waals surface area contributed by atoms with Crippen LogP contribution >= 0.6 is 0 Å². The van der Waals surface area contributed by atoms with Gasteiger partial charge in [0.15, 0.2) is 18.9 Å². The first-order chi connectivity index (χ1) is 20.7. The topological polar surface area (TPSA) is 347 Å². The fourth-order valence-electron chi connectivity index (χ4n) is 6.06. The third-order valence-electron chi connectivity index (χ3n) is 8.87. The second-order valence-corrected chi connectivity index (χ2v) is 11.9. The van der Waals surface area contributed by atoms with Crippen molar-refractivity contribution in [1.29, 1.82) is 0 Å². The molecule has 19 heteroatoms. The van der Waals surface area contributed by atoms with E-state index in [0.29, 0.717) is 0 Å². The highest BCUT2D eigenvalue weighted by Crippen LogP contribution is 2.34. The van der Waals surface area contributed by atoms with Crippen LogP contribution in [0, 0.1) is 0 Å². The van der Waals surface area contributed by atoms with E-state index in [0.717, 1.165) is 0 Å². The van der Waals surface area contributed by atoms with E-state index in [1.54, 1.807) is 6.92 Å². The van der Waals surface area contributed by atoms with Crippen molar-refractivity contribution in [2.75, 3.05) is 13.2 Å². The average Bonchev–Trinajstić information content (AvgIpc) is 3.30. The number of nitrogens with two attached hydrogens (primary N) is 5. The molecule has 8 unspecified atom stereocenters. The van der Waals surface area contributed by atoms with Crippen LogP contribution in [0.2, 0.25) is 0 Å². The fraction of sp³-hybridized carbons (Fsp3) is 1.00. The molecule has 3 aliphatic heterocycles. The number of hydrogen-bond acceptors (Lipinski definition) is 19. The molecule has 18 N–H and O–H groups in total. The van der Waals surface area contributed by atoms with Crippen LogP contribution in [0.3, 0.4) is 0 Å². The van der Waals surface area contributed by atoms with E-state index in [-0.39, 0.29) is 19.4 Å². The van der Waals surface area contributed by atoms with Gasteiger partial charge in [0.05, 0.1) is 30.9 Å². The first kappa shape index (κ1) is 36.1. The second-order valence-electron chi connectivity index (χ2n) is 11.9. The summed E-state index contributed by atoms with van der Waals surface area (Å²) < 4.78 is 34.8. The van der Waals surface area contributed by atoms with Gasteiger partial charge in [-0.3, -0.25) is 0 Å². The molecule has 4 aliphatic rings. The van der Waals surface area contributed by atoms with Crippen molar-refractivity contribution < 1.29 is 69.3 Å². The molecule has 3 heterocycles. The van der Waals surface area contributed by atoms with E-state index in [1.807, 2.05) is 0 Å². The van der Waals surface area contributed by atoms with Gasteiger partial charge in [0.1, 0.15) is 67.1 Å². The number of aliphatic hydroxyl groups is 8. The van der Waals surface area contributed by atoms with Gasteiger partial charge in [0.25, 0.3) is 0 Å². The quantitative estimate of drug-likeness (QED) is 0.105. The molecule has 1 saturated carbocycles. The molecule has 258 valence electrons. The maximum Gasteiger partial charge on any atom is 0.187 e. The predicted molar refractivity (Wildman–Crippen MR) is 146 cm³/mol. The number of aliphatic hydroxyl groups excluding tert-OH is 8. The average molecular weight is 644 g/mol. The minimum absolute atomic E-state index is 0.0618. The molecule has 20 atom stereocenters. The Kier molecular flexibility index (Phi) is 12.3. The lowest BCUT2D eigenvalue weighted by Gasteiger charge is -2.47. The summed E-state index contributed by atoms with van der Waals surface area (Å²) in [6.07, 6.45) is -21.6. The second kappa shape index (κ2) is 15.0. The largest absolute Gasteiger partial charge is 0.394 e. The zero-order valence-corrected chi connectivity index (χ0v) is 24.3. The van der Waals surface area contributed by atoms with Gasteiger partial charge < -0.3 is 97.9 Å². The Bertz CT molecular complexity index is 915. The first-order valence-corrected chi connectivity index (χ1v) is 14.8. The SMILES string of the molecule is CCC(O)C1O[C@H](O[C@@H]2C(N)C[C@@H](N)C(O)[C@H]2O[C@@H]2O[C@H](CO)[C@H](O[C@H]3O[C@@H](CN)[C@@H](O)C(O)C3N)C2O)C(N)[C@@H](O)[C@@H]1O. The molecule has 0 aromatic rings. The van der Waals surface area contributed by atoms with Gasteiger partial charge in [0, 0.05) is 18.6 Å². The molecule has 3 saturated heterocycles. The summed E-state index contributed by atoms with van der Waals surface area (Å²) in [6, 6.07) is -4.33. The molecule has 4 rings (SSSR count). The first-order valence-electron chi connectivity index (χ1n) is 14.8. The van der Waals surface area contributed by atoms with Crippen molar-refractivity contribution >= 4 is 0 Å². The molecular weight excluding hydrogens is 594 g/mol. The molecule has 0 spiro atoms. The summed E-state index contributed by atoms with van der Waals surface area (Å²) in [6.45, 7) is 0.816. The lowest BCUT2D eigenvalue weighted by Crippen LogP contribution is -2.68. The van der Waals surface area contributed by atoms with Gasteiger partial charge in [-0.25, -0.2) is 0 Å².